The van der Waals surface area contributed by atoms with Gasteiger partial charge in [-0.3, -0.25) is 14.2 Å². The first kappa shape index (κ1) is 13.9. The number of aromatic nitrogens is 2. The molecule has 0 aromatic carbocycles. The van der Waals surface area contributed by atoms with Crippen LogP contribution in [0.5, 0.6) is 0 Å². The number of nitrogens with zero attached hydrogens (tertiary/aromatic N) is 3. The number of alkyl halides is 2. The van der Waals surface area contributed by atoms with Crippen LogP contribution in [0.15, 0.2) is 0 Å². The minimum atomic E-state index is -5.62. The van der Waals surface area contributed by atoms with Gasteiger partial charge in [0.15, 0.2) is 0 Å². The standard InChI is InChI=1S/C6H7F2N3O4S2/c1-3(12)11(2)5-10-9-4(16-5)6(7,8)17(13,14)15/h1-2H3,(H,13,14,15). The highest BCUT2D eigenvalue weighted by Crippen LogP contribution is 2.36. The molecule has 7 nitrogen and oxygen atoms in total. The van der Waals surface area contributed by atoms with Crippen LogP contribution in [0, 0.1) is 0 Å². The fourth-order valence-corrected chi connectivity index (χ4v) is 2.14. The van der Waals surface area contributed by atoms with Gasteiger partial charge in [0.1, 0.15) is 0 Å². The molecule has 1 amide bonds. The molecule has 0 spiro atoms. The molecule has 0 aliphatic carbocycles. The van der Waals surface area contributed by atoms with E-state index < -0.39 is 26.3 Å². The predicted molar refractivity (Wildman–Crippen MR) is 54.4 cm³/mol. The largest absolute Gasteiger partial charge is 0.422 e. The minimum Gasteiger partial charge on any atom is -0.290 e. The van der Waals surface area contributed by atoms with Gasteiger partial charge in [-0.15, -0.1) is 10.2 Å². The van der Waals surface area contributed by atoms with Crippen LogP contribution in [0.25, 0.3) is 0 Å². The fraction of sp³-hybridized carbons (Fsp3) is 0.500. The van der Waals surface area contributed by atoms with Crippen LogP contribution in [0.4, 0.5) is 13.9 Å². The molecule has 0 fully saturated rings. The number of halogens is 2. The maximum atomic E-state index is 13.1. The van der Waals surface area contributed by atoms with Gasteiger partial charge in [0, 0.05) is 14.0 Å². The van der Waals surface area contributed by atoms with Gasteiger partial charge in [0.05, 0.1) is 0 Å². The van der Waals surface area contributed by atoms with Crippen LogP contribution in [0.1, 0.15) is 11.9 Å². The highest BCUT2D eigenvalue weighted by Gasteiger charge is 2.49. The Balaban J connectivity index is 3.17. The lowest BCUT2D eigenvalue weighted by Crippen LogP contribution is -2.25. The second-order valence-corrected chi connectivity index (χ2v) is 5.38. The van der Waals surface area contributed by atoms with Gasteiger partial charge in [-0.05, 0) is 0 Å². The summed E-state index contributed by atoms with van der Waals surface area (Å²) in [4.78, 5) is 11.8. The smallest absolute Gasteiger partial charge is 0.290 e. The van der Waals surface area contributed by atoms with Crippen LogP contribution >= 0.6 is 11.3 Å². The monoisotopic (exact) mass is 287 g/mol. The maximum absolute atomic E-state index is 13.1. The van der Waals surface area contributed by atoms with Gasteiger partial charge < -0.3 is 0 Å². The molecule has 1 aromatic rings. The number of carbonyl (C=O) groups is 1. The molecular formula is C6H7F2N3O4S2. The van der Waals surface area contributed by atoms with E-state index in [1.165, 1.54) is 14.0 Å². The molecular weight excluding hydrogens is 280 g/mol. The first-order valence-electron chi connectivity index (χ1n) is 4.00. The molecule has 1 heterocycles. The lowest BCUT2D eigenvalue weighted by Gasteiger charge is -2.09. The third-order valence-corrected chi connectivity index (χ3v) is 3.79. The molecule has 0 bridgehead atoms. The Morgan fingerprint density at radius 2 is 2.00 bits per heavy atom. The molecule has 0 aliphatic rings. The summed E-state index contributed by atoms with van der Waals surface area (Å²) < 4.78 is 55.4. The zero-order chi connectivity index (χ0) is 13.4. The number of amides is 1. The van der Waals surface area contributed by atoms with E-state index in [1.54, 1.807) is 0 Å². The van der Waals surface area contributed by atoms with Crippen LogP contribution in [-0.2, 0) is 20.2 Å². The normalized spacial score (nSPS) is 12.5. The predicted octanol–water partition coefficient (Wildman–Crippen LogP) is 0.458. The van der Waals surface area contributed by atoms with Crippen molar-refractivity contribution >= 4 is 32.5 Å². The molecule has 0 aliphatic heterocycles. The zero-order valence-corrected chi connectivity index (χ0v) is 10.2. The van der Waals surface area contributed by atoms with Crippen molar-refractivity contribution in [1.29, 1.82) is 0 Å². The third-order valence-electron chi connectivity index (χ3n) is 1.75. The van der Waals surface area contributed by atoms with Crippen molar-refractivity contribution in [3.8, 4) is 0 Å². The number of hydrogen-bond donors (Lipinski definition) is 1. The van der Waals surface area contributed by atoms with Crippen molar-refractivity contribution in [2.75, 3.05) is 11.9 Å². The topological polar surface area (TPSA) is 100 Å². The molecule has 1 rings (SSSR count). The Kier molecular flexibility index (Phi) is 3.45. The first-order valence-corrected chi connectivity index (χ1v) is 6.26. The van der Waals surface area contributed by atoms with E-state index in [-0.39, 0.29) is 16.5 Å². The molecule has 0 atom stereocenters. The molecule has 0 saturated carbocycles. The Bertz CT molecular complexity index is 541. The quantitative estimate of drug-likeness (QED) is 0.810. The lowest BCUT2D eigenvalue weighted by molar-refractivity contribution is -0.116. The minimum absolute atomic E-state index is 0.197. The summed E-state index contributed by atoms with van der Waals surface area (Å²) in [5.74, 6) is -0.483. The molecule has 0 unspecified atom stereocenters. The molecule has 0 radical (unpaired) electrons. The number of carbonyl (C=O) groups excluding carboxylic acids is 1. The summed E-state index contributed by atoms with van der Waals surface area (Å²) in [6.07, 6.45) is 0. The van der Waals surface area contributed by atoms with Crippen LogP contribution < -0.4 is 4.90 Å². The molecule has 11 heteroatoms. The first-order chi connectivity index (χ1) is 7.57. The van der Waals surface area contributed by atoms with Crippen LogP contribution in [0.2, 0.25) is 0 Å². The van der Waals surface area contributed by atoms with Crippen molar-refractivity contribution < 1.29 is 26.5 Å². The molecule has 1 N–H and O–H groups in total. The van der Waals surface area contributed by atoms with Gasteiger partial charge in [0.25, 0.3) is 0 Å². The summed E-state index contributed by atoms with van der Waals surface area (Å²) in [7, 11) is -4.35. The lowest BCUT2D eigenvalue weighted by atomic mass is 10.6. The average Bonchev–Trinajstić information content (AvgIpc) is 2.63. The van der Waals surface area contributed by atoms with Crippen LogP contribution in [0.3, 0.4) is 0 Å². The summed E-state index contributed by atoms with van der Waals surface area (Å²) in [6.45, 7) is 1.17. The number of rotatable bonds is 3. The summed E-state index contributed by atoms with van der Waals surface area (Å²) in [5.41, 5.74) is 0. The van der Waals surface area contributed by atoms with Gasteiger partial charge in [0.2, 0.25) is 16.0 Å². The van der Waals surface area contributed by atoms with E-state index in [1.807, 2.05) is 0 Å². The zero-order valence-electron chi connectivity index (χ0n) is 8.59. The number of anilines is 1. The van der Waals surface area contributed by atoms with E-state index >= 15 is 0 Å². The SMILES string of the molecule is CC(=O)N(C)c1nnc(C(F)(F)S(=O)(=O)O)s1. The van der Waals surface area contributed by atoms with Crippen molar-refractivity contribution in [2.24, 2.45) is 0 Å². The average molecular weight is 287 g/mol. The van der Waals surface area contributed by atoms with Gasteiger partial charge in [-0.2, -0.15) is 17.2 Å². The van der Waals surface area contributed by atoms with Gasteiger partial charge in [-0.1, -0.05) is 11.3 Å². The summed E-state index contributed by atoms with van der Waals surface area (Å²) >= 11 is 0.197. The van der Waals surface area contributed by atoms with Crippen LogP contribution in [-0.4, -0.2) is 36.1 Å². The van der Waals surface area contributed by atoms with Crippen molar-refractivity contribution in [3.05, 3.63) is 5.01 Å². The van der Waals surface area contributed by atoms with Crippen molar-refractivity contribution in [2.45, 2.75) is 12.2 Å². The van der Waals surface area contributed by atoms with E-state index in [4.69, 9.17) is 4.55 Å². The second-order valence-electron chi connectivity index (χ2n) is 2.96. The van der Waals surface area contributed by atoms with E-state index in [0.717, 1.165) is 4.90 Å². The Morgan fingerprint density at radius 1 is 1.47 bits per heavy atom. The van der Waals surface area contributed by atoms with Crippen molar-refractivity contribution in [1.82, 2.24) is 10.2 Å². The second kappa shape index (κ2) is 4.23. The molecule has 0 saturated heterocycles. The highest BCUT2D eigenvalue weighted by molar-refractivity contribution is 7.86. The summed E-state index contributed by atoms with van der Waals surface area (Å²) in [5, 5.41) is 0.234. The highest BCUT2D eigenvalue weighted by atomic mass is 32.2. The Hall–Kier alpha value is -1.20. The van der Waals surface area contributed by atoms with Crippen molar-refractivity contribution in [3.63, 3.8) is 0 Å². The Labute approximate surface area is 98.8 Å². The Morgan fingerprint density at radius 3 is 2.41 bits per heavy atom. The van der Waals surface area contributed by atoms with Gasteiger partial charge >= 0.3 is 15.4 Å². The fourth-order valence-electron chi connectivity index (χ4n) is 0.714. The third kappa shape index (κ3) is 2.56. The summed E-state index contributed by atoms with van der Waals surface area (Å²) in [6, 6.07) is 0. The van der Waals surface area contributed by atoms with E-state index in [9.17, 15) is 22.0 Å². The van der Waals surface area contributed by atoms with E-state index in [2.05, 4.69) is 10.2 Å². The van der Waals surface area contributed by atoms with Gasteiger partial charge in [-0.25, -0.2) is 0 Å². The molecule has 17 heavy (non-hydrogen) atoms. The number of hydrogen-bond acceptors (Lipinski definition) is 6. The molecule has 96 valence electrons. The maximum Gasteiger partial charge on any atom is 0.422 e. The van der Waals surface area contributed by atoms with E-state index in [0.29, 0.717) is 0 Å². The molecule has 1 aromatic heterocycles.